The van der Waals surface area contributed by atoms with Crippen LogP contribution in [0.25, 0.3) is 0 Å². The molecule has 3 unspecified atom stereocenters. The summed E-state index contributed by atoms with van der Waals surface area (Å²) in [6, 6.07) is -1.10. The molecule has 1 aliphatic rings. The van der Waals surface area contributed by atoms with Crippen molar-refractivity contribution in [3.63, 3.8) is 0 Å². The molecule has 0 bridgehead atoms. The molecule has 0 saturated carbocycles. The number of hydrogen-bond acceptors (Lipinski definition) is 5. The van der Waals surface area contributed by atoms with Crippen LogP contribution in [0.15, 0.2) is 0 Å². The minimum atomic E-state index is -0.613. The number of amides is 1. The lowest BCUT2D eigenvalue weighted by atomic mass is 10.1. The minimum Gasteiger partial charge on any atom is -0.468 e. The third-order valence-corrected chi connectivity index (χ3v) is 2.91. The van der Waals surface area contributed by atoms with Crippen LogP contribution in [0.5, 0.6) is 0 Å². The fourth-order valence-electron chi connectivity index (χ4n) is 2.15. The summed E-state index contributed by atoms with van der Waals surface area (Å²) in [5, 5.41) is 9.54. The van der Waals surface area contributed by atoms with Crippen LogP contribution in [0.2, 0.25) is 0 Å². The van der Waals surface area contributed by atoms with Gasteiger partial charge >= 0.3 is 5.97 Å². The lowest BCUT2D eigenvalue weighted by Crippen LogP contribution is -2.49. The molecule has 6 heteroatoms. The lowest BCUT2D eigenvalue weighted by molar-refractivity contribution is -0.147. The van der Waals surface area contributed by atoms with E-state index in [4.69, 9.17) is 5.73 Å². The van der Waals surface area contributed by atoms with E-state index in [1.165, 1.54) is 7.11 Å². The van der Waals surface area contributed by atoms with Gasteiger partial charge in [-0.05, 0) is 6.42 Å². The molecule has 16 heavy (non-hydrogen) atoms. The van der Waals surface area contributed by atoms with E-state index < -0.39 is 30.1 Å². The first kappa shape index (κ1) is 12.9. The summed E-state index contributed by atoms with van der Waals surface area (Å²) in [6.45, 7) is 2.09. The maximum atomic E-state index is 11.5. The Labute approximate surface area is 94.3 Å². The highest BCUT2D eigenvalue weighted by molar-refractivity contribution is 5.82. The Bertz CT molecular complexity index is 282. The number of β-amino-alcohol motifs (C(OH)–C–C–N with tert-alkyl or cyclic N) is 1. The van der Waals surface area contributed by atoms with Crippen molar-refractivity contribution in [1.82, 2.24) is 4.90 Å². The topological polar surface area (TPSA) is 92.9 Å². The quantitative estimate of drug-likeness (QED) is 0.595. The number of aliphatic hydroxyl groups excluding tert-OH is 1. The monoisotopic (exact) mass is 230 g/mol. The maximum absolute atomic E-state index is 11.5. The fraction of sp³-hybridized carbons (Fsp3) is 0.800. The lowest BCUT2D eigenvalue weighted by Gasteiger charge is -2.28. The van der Waals surface area contributed by atoms with Crippen molar-refractivity contribution >= 4 is 11.9 Å². The largest absolute Gasteiger partial charge is 0.468 e. The van der Waals surface area contributed by atoms with Gasteiger partial charge in [0, 0.05) is 13.0 Å². The van der Waals surface area contributed by atoms with Gasteiger partial charge in [-0.3, -0.25) is 14.5 Å². The first-order valence-corrected chi connectivity index (χ1v) is 5.32. The molecule has 0 aromatic rings. The first-order chi connectivity index (χ1) is 7.51. The summed E-state index contributed by atoms with van der Waals surface area (Å²) in [5.41, 5.74) is 5.26. The van der Waals surface area contributed by atoms with E-state index in [0.717, 1.165) is 0 Å². The number of nitrogens with zero attached hydrogens (tertiary/aromatic N) is 1. The van der Waals surface area contributed by atoms with Gasteiger partial charge in [0.05, 0.1) is 19.3 Å². The Morgan fingerprint density at radius 2 is 2.25 bits per heavy atom. The minimum absolute atomic E-state index is 0.279. The highest BCUT2D eigenvalue weighted by atomic mass is 16.5. The van der Waals surface area contributed by atoms with E-state index >= 15 is 0 Å². The van der Waals surface area contributed by atoms with Crippen molar-refractivity contribution in [1.29, 1.82) is 0 Å². The summed E-state index contributed by atoms with van der Waals surface area (Å²) in [5.74, 6) is -0.915. The molecule has 1 fully saturated rings. The van der Waals surface area contributed by atoms with Crippen molar-refractivity contribution < 1.29 is 19.4 Å². The molecule has 1 heterocycles. The van der Waals surface area contributed by atoms with E-state index in [2.05, 4.69) is 4.74 Å². The Morgan fingerprint density at radius 1 is 1.62 bits per heavy atom. The summed E-state index contributed by atoms with van der Waals surface area (Å²) in [6.07, 6.45) is 0.184. The van der Waals surface area contributed by atoms with Crippen LogP contribution < -0.4 is 5.73 Å². The SMILES string of the molecule is CCC(C(N)=O)N1CC(O)CC1C(=O)OC. The van der Waals surface area contributed by atoms with Gasteiger partial charge in [0.2, 0.25) is 5.91 Å². The zero-order valence-corrected chi connectivity index (χ0v) is 9.55. The number of nitrogens with two attached hydrogens (primary N) is 1. The molecule has 1 aliphatic heterocycles. The van der Waals surface area contributed by atoms with Gasteiger partial charge in [-0.2, -0.15) is 0 Å². The van der Waals surface area contributed by atoms with E-state index in [1.54, 1.807) is 4.90 Å². The molecule has 6 nitrogen and oxygen atoms in total. The van der Waals surface area contributed by atoms with Gasteiger partial charge in [0.1, 0.15) is 6.04 Å². The number of hydrogen-bond donors (Lipinski definition) is 2. The van der Waals surface area contributed by atoms with Gasteiger partial charge < -0.3 is 15.6 Å². The summed E-state index contributed by atoms with van der Waals surface area (Å²) in [4.78, 5) is 24.3. The summed E-state index contributed by atoms with van der Waals surface area (Å²) < 4.78 is 4.64. The van der Waals surface area contributed by atoms with Gasteiger partial charge in [-0.25, -0.2) is 0 Å². The van der Waals surface area contributed by atoms with Crippen LogP contribution in [-0.4, -0.2) is 53.7 Å². The third-order valence-electron chi connectivity index (χ3n) is 2.91. The molecule has 1 amide bonds. The van der Waals surface area contributed by atoms with Crippen LogP contribution in [-0.2, 0) is 14.3 Å². The zero-order chi connectivity index (χ0) is 12.3. The van der Waals surface area contributed by atoms with Gasteiger partial charge in [-0.1, -0.05) is 6.92 Å². The molecular weight excluding hydrogens is 212 g/mol. The standard InChI is InChI=1S/C10H18N2O4/c1-3-7(9(11)14)12-5-6(13)4-8(12)10(15)16-2/h6-8,13H,3-5H2,1-2H3,(H2,11,14). The molecule has 92 valence electrons. The smallest absolute Gasteiger partial charge is 0.323 e. The van der Waals surface area contributed by atoms with Crippen LogP contribution in [0.1, 0.15) is 19.8 Å². The molecule has 3 atom stereocenters. The van der Waals surface area contributed by atoms with Crippen molar-refractivity contribution in [2.24, 2.45) is 5.73 Å². The normalized spacial score (nSPS) is 27.7. The van der Waals surface area contributed by atoms with Crippen molar-refractivity contribution in [2.45, 2.75) is 38.0 Å². The number of rotatable bonds is 4. The van der Waals surface area contributed by atoms with Crippen molar-refractivity contribution in [3.8, 4) is 0 Å². The Hall–Kier alpha value is -1.14. The highest BCUT2D eigenvalue weighted by Gasteiger charge is 2.41. The molecular formula is C10H18N2O4. The molecule has 1 rings (SSSR count). The third kappa shape index (κ3) is 2.51. The molecule has 0 radical (unpaired) electrons. The number of methoxy groups -OCH3 is 1. The number of likely N-dealkylation sites (tertiary alicyclic amines) is 1. The van der Waals surface area contributed by atoms with Gasteiger partial charge in [0.15, 0.2) is 0 Å². The van der Waals surface area contributed by atoms with E-state index in [1.807, 2.05) is 6.92 Å². The average Bonchev–Trinajstić information content (AvgIpc) is 2.60. The number of ether oxygens (including phenoxy) is 1. The number of aliphatic hydroxyl groups is 1. The molecule has 3 N–H and O–H groups in total. The number of primary amides is 1. The molecule has 0 aromatic heterocycles. The maximum Gasteiger partial charge on any atom is 0.323 e. The second-order valence-electron chi connectivity index (χ2n) is 3.95. The molecule has 0 spiro atoms. The number of esters is 1. The number of carbonyl (C=O) groups excluding carboxylic acids is 2. The zero-order valence-electron chi connectivity index (χ0n) is 9.55. The second-order valence-corrected chi connectivity index (χ2v) is 3.95. The Balaban J connectivity index is 2.83. The predicted octanol–water partition coefficient (Wildman–Crippen LogP) is -1.14. The molecule has 0 aliphatic carbocycles. The van der Waals surface area contributed by atoms with E-state index in [0.29, 0.717) is 6.42 Å². The van der Waals surface area contributed by atoms with Crippen molar-refractivity contribution in [2.75, 3.05) is 13.7 Å². The van der Waals surface area contributed by atoms with Crippen LogP contribution in [0, 0.1) is 0 Å². The predicted molar refractivity (Wildman–Crippen MR) is 56.4 cm³/mol. The first-order valence-electron chi connectivity index (χ1n) is 5.32. The van der Waals surface area contributed by atoms with Crippen LogP contribution in [0.3, 0.4) is 0 Å². The highest BCUT2D eigenvalue weighted by Crippen LogP contribution is 2.22. The van der Waals surface area contributed by atoms with Gasteiger partial charge in [-0.15, -0.1) is 0 Å². The molecule has 0 aromatic carbocycles. The number of carbonyl (C=O) groups is 2. The summed E-state index contributed by atoms with van der Waals surface area (Å²) in [7, 11) is 1.29. The van der Waals surface area contributed by atoms with Crippen LogP contribution >= 0.6 is 0 Å². The van der Waals surface area contributed by atoms with Crippen LogP contribution in [0.4, 0.5) is 0 Å². The van der Waals surface area contributed by atoms with E-state index in [-0.39, 0.29) is 13.0 Å². The summed E-state index contributed by atoms with van der Waals surface area (Å²) >= 11 is 0. The average molecular weight is 230 g/mol. The van der Waals surface area contributed by atoms with Crippen molar-refractivity contribution in [3.05, 3.63) is 0 Å². The Morgan fingerprint density at radius 3 is 2.69 bits per heavy atom. The second kappa shape index (κ2) is 5.27. The van der Waals surface area contributed by atoms with Gasteiger partial charge in [0.25, 0.3) is 0 Å². The Kier molecular flexibility index (Phi) is 4.26. The fourth-order valence-corrected chi connectivity index (χ4v) is 2.15. The van der Waals surface area contributed by atoms with E-state index in [9.17, 15) is 14.7 Å². The molecule has 1 saturated heterocycles.